The molecule has 29 heavy (non-hydrogen) atoms. The van der Waals surface area contributed by atoms with E-state index in [0.29, 0.717) is 11.1 Å². The number of sulfonamides is 1. The molecule has 0 bridgehead atoms. The van der Waals surface area contributed by atoms with Crippen molar-refractivity contribution in [1.82, 2.24) is 0 Å². The van der Waals surface area contributed by atoms with Gasteiger partial charge in [-0.15, -0.1) is 0 Å². The Kier molecular flexibility index (Phi) is 6.14. The smallest absolute Gasteiger partial charge is 0.264 e. The van der Waals surface area contributed by atoms with Gasteiger partial charge in [0.25, 0.3) is 10.0 Å². The van der Waals surface area contributed by atoms with Gasteiger partial charge >= 0.3 is 0 Å². The van der Waals surface area contributed by atoms with E-state index in [1.807, 2.05) is 0 Å². The van der Waals surface area contributed by atoms with E-state index in [1.54, 1.807) is 18.2 Å². The molecule has 0 atom stereocenters. The molecule has 0 saturated heterocycles. The van der Waals surface area contributed by atoms with Gasteiger partial charge in [0, 0.05) is 11.1 Å². The highest BCUT2D eigenvalue weighted by atomic mass is 35.5. The maximum Gasteiger partial charge on any atom is 0.264 e. The number of halogens is 3. The normalized spacial score (nSPS) is 11.1. The van der Waals surface area contributed by atoms with Crippen LogP contribution in [0.25, 0.3) is 0 Å². The first-order valence-corrected chi connectivity index (χ1v) is 10.2. The van der Waals surface area contributed by atoms with Crippen LogP contribution in [0.2, 0.25) is 5.02 Å². The molecule has 3 rings (SSSR count). The number of amides is 1. The Morgan fingerprint density at radius 1 is 0.966 bits per heavy atom. The number of anilines is 2. The first kappa shape index (κ1) is 20.8. The molecule has 150 valence electrons. The summed E-state index contributed by atoms with van der Waals surface area (Å²) in [6.07, 6.45) is 0. The number of nitrogens with zero attached hydrogens (tertiary/aromatic N) is 1. The Morgan fingerprint density at radius 3 is 2.24 bits per heavy atom. The van der Waals surface area contributed by atoms with E-state index in [4.69, 9.17) is 11.6 Å². The van der Waals surface area contributed by atoms with Crippen molar-refractivity contribution in [2.24, 2.45) is 0 Å². The Morgan fingerprint density at radius 2 is 1.62 bits per heavy atom. The molecule has 0 aliphatic rings. The number of benzene rings is 3. The molecule has 1 amide bonds. The third-order valence-electron chi connectivity index (χ3n) is 3.94. The maximum atomic E-state index is 13.8. The molecule has 1 N–H and O–H groups in total. The van der Waals surface area contributed by atoms with Gasteiger partial charge in [0.2, 0.25) is 5.91 Å². The molecule has 0 unspecified atom stereocenters. The lowest BCUT2D eigenvalue weighted by molar-refractivity contribution is -0.114. The summed E-state index contributed by atoms with van der Waals surface area (Å²) in [7, 11) is -4.11. The number of carbonyl (C=O) groups excluding carboxylic acids is 1. The summed E-state index contributed by atoms with van der Waals surface area (Å²) >= 11 is 5.82. The fourth-order valence-corrected chi connectivity index (χ4v) is 4.10. The summed E-state index contributed by atoms with van der Waals surface area (Å²) in [4.78, 5) is 12.4. The van der Waals surface area contributed by atoms with Gasteiger partial charge in [-0.1, -0.05) is 29.8 Å². The lowest BCUT2D eigenvalue weighted by Gasteiger charge is -2.24. The van der Waals surface area contributed by atoms with Crippen LogP contribution in [0, 0.1) is 11.6 Å². The third-order valence-corrected chi connectivity index (χ3v) is 5.98. The molecule has 3 aromatic rings. The molecule has 0 spiro atoms. The van der Waals surface area contributed by atoms with Crippen molar-refractivity contribution in [1.29, 1.82) is 0 Å². The van der Waals surface area contributed by atoms with Crippen molar-refractivity contribution in [3.63, 3.8) is 0 Å². The van der Waals surface area contributed by atoms with E-state index in [2.05, 4.69) is 5.32 Å². The van der Waals surface area contributed by atoms with Crippen LogP contribution in [0.1, 0.15) is 0 Å². The minimum Gasteiger partial charge on any atom is -0.322 e. The maximum absolute atomic E-state index is 13.8. The fourth-order valence-electron chi connectivity index (χ4n) is 2.55. The quantitative estimate of drug-likeness (QED) is 0.620. The molecule has 0 radical (unpaired) electrons. The molecule has 0 saturated carbocycles. The van der Waals surface area contributed by atoms with E-state index in [-0.39, 0.29) is 16.3 Å². The molecule has 9 heteroatoms. The van der Waals surface area contributed by atoms with Crippen molar-refractivity contribution in [3.05, 3.63) is 89.5 Å². The Labute approximate surface area is 171 Å². The lowest BCUT2D eigenvalue weighted by Crippen LogP contribution is -2.38. The van der Waals surface area contributed by atoms with Crippen LogP contribution in [0.15, 0.2) is 77.7 Å². The van der Waals surface area contributed by atoms with E-state index in [1.165, 1.54) is 36.4 Å². The molecule has 0 aliphatic heterocycles. The van der Waals surface area contributed by atoms with Crippen molar-refractivity contribution in [3.8, 4) is 0 Å². The van der Waals surface area contributed by atoms with Gasteiger partial charge < -0.3 is 5.32 Å². The molecule has 3 aromatic carbocycles. The Hall–Kier alpha value is -2.97. The largest absolute Gasteiger partial charge is 0.322 e. The third kappa shape index (κ3) is 4.90. The average Bonchev–Trinajstić information content (AvgIpc) is 2.69. The second kappa shape index (κ2) is 8.59. The Balaban J connectivity index is 1.92. The van der Waals surface area contributed by atoms with Crippen LogP contribution in [0.4, 0.5) is 20.2 Å². The fraction of sp³-hybridized carbons (Fsp3) is 0.0500. The molecule has 0 aliphatic carbocycles. The zero-order chi connectivity index (χ0) is 21.0. The van der Waals surface area contributed by atoms with Crippen LogP contribution in [0.3, 0.4) is 0 Å². The van der Waals surface area contributed by atoms with Crippen molar-refractivity contribution < 1.29 is 22.0 Å². The SMILES string of the molecule is O=C(CN(c1ccccc1)S(=O)(=O)c1ccc(Cl)cc1)Nc1ccc(F)cc1F. The standard InChI is InChI=1S/C20H15ClF2N2O3S/c21-14-6-9-17(10-7-14)29(27,28)25(16-4-2-1-3-5-16)13-20(26)24-19-11-8-15(22)12-18(19)23/h1-12H,13H2,(H,24,26). The minimum atomic E-state index is -4.11. The minimum absolute atomic E-state index is 0.0634. The molecule has 0 heterocycles. The highest BCUT2D eigenvalue weighted by Crippen LogP contribution is 2.25. The van der Waals surface area contributed by atoms with Crippen molar-refractivity contribution in [2.75, 3.05) is 16.2 Å². The topological polar surface area (TPSA) is 66.5 Å². The monoisotopic (exact) mass is 436 g/mol. The van der Waals surface area contributed by atoms with Gasteiger partial charge in [-0.3, -0.25) is 9.10 Å². The number of nitrogens with one attached hydrogen (secondary N) is 1. The number of rotatable bonds is 6. The number of para-hydroxylation sites is 1. The molecular formula is C20H15ClF2N2O3S. The van der Waals surface area contributed by atoms with Crippen LogP contribution >= 0.6 is 11.6 Å². The van der Waals surface area contributed by atoms with Crippen LogP contribution in [-0.2, 0) is 14.8 Å². The summed E-state index contributed by atoms with van der Waals surface area (Å²) in [6, 6.07) is 16.2. The van der Waals surface area contributed by atoms with E-state index in [9.17, 15) is 22.0 Å². The van der Waals surface area contributed by atoms with E-state index >= 15 is 0 Å². The predicted molar refractivity (Wildman–Crippen MR) is 107 cm³/mol. The molecule has 0 aromatic heterocycles. The van der Waals surface area contributed by atoms with Gasteiger partial charge in [0.1, 0.15) is 18.2 Å². The van der Waals surface area contributed by atoms with Crippen LogP contribution < -0.4 is 9.62 Å². The molecular weight excluding hydrogens is 422 g/mol. The summed E-state index contributed by atoms with van der Waals surface area (Å²) in [5.41, 5.74) is -0.00881. The lowest BCUT2D eigenvalue weighted by atomic mass is 10.3. The second-order valence-electron chi connectivity index (χ2n) is 5.97. The first-order chi connectivity index (χ1) is 13.8. The predicted octanol–water partition coefficient (Wildman–Crippen LogP) is 4.45. The zero-order valence-corrected chi connectivity index (χ0v) is 16.4. The highest BCUT2D eigenvalue weighted by molar-refractivity contribution is 7.92. The second-order valence-corrected chi connectivity index (χ2v) is 8.27. The summed E-state index contributed by atoms with van der Waals surface area (Å²) in [6.45, 7) is -0.619. The van der Waals surface area contributed by atoms with Gasteiger partial charge in [0.05, 0.1) is 16.3 Å². The average molecular weight is 437 g/mol. The molecule has 0 fully saturated rings. The summed E-state index contributed by atoms with van der Waals surface area (Å²) in [5, 5.41) is 2.62. The summed E-state index contributed by atoms with van der Waals surface area (Å²) < 4.78 is 54.0. The summed E-state index contributed by atoms with van der Waals surface area (Å²) in [5.74, 6) is -2.56. The number of hydrogen-bond donors (Lipinski definition) is 1. The van der Waals surface area contributed by atoms with Gasteiger partial charge in [-0.25, -0.2) is 17.2 Å². The van der Waals surface area contributed by atoms with E-state index < -0.39 is 34.1 Å². The molecule has 5 nitrogen and oxygen atoms in total. The van der Waals surface area contributed by atoms with Crippen molar-refractivity contribution >= 4 is 38.9 Å². The van der Waals surface area contributed by atoms with Gasteiger partial charge in [-0.05, 0) is 48.5 Å². The van der Waals surface area contributed by atoms with E-state index in [0.717, 1.165) is 16.4 Å². The van der Waals surface area contributed by atoms with Crippen LogP contribution in [-0.4, -0.2) is 20.9 Å². The van der Waals surface area contributed by atoms with Gasteiger partial charge in [-0.2, -0.15) is 0 Å². The van der Waals surface area contributed by atoms with Crippen molar-refractivity contribution in [2.45, 2.75) is 4.90 Å². The Bertz CT molecular complexity index is 1120. The van der Waals surface area contributed by atoms with Crippen LogP contribution in [0.5, 0.6) is 0 Å². The highest BCUT2D eigenvalue weighted by Gasteiger charge is 2.27. The number of carbonyl (C=O) groups is 1. The zero-order valence-electron chi connectivity index (χ0n) is 14.8. The number of hydrogen-bond acceptors (Lipinski definition) is 3. The van der Waals surface area contributed by atoms with Gasteiger partial charge in [0.15, 0.2) is 0 Å². The first-order valence-electron chi connectivity index (χ1n) is 8.35.